The first-order valence-corrected chi connectivity index (χ1v) is 7.79. The smallest absolute Gasteiger partial charge is 0.225 e. The first kappa shape index (κ1) is 16.8. The van der Waals surface area contributed by atoms with E-state index >= 15 is 0 Å². The predicted molar refractivity (Wildman–Crippen MR) is 80.6 cm³/mol. The first-order valence-electron chi connectivity index (χ1n) is 7.79. The van der Waals surface area contributed by atoms with Gasteiger partial charge in [0, 0.05) is 25.4 Å². The van der Waals surface area contributed by atoms with Gasteiger partial charge in [0.1, 0.15) is 5.84 Å². The van der Waals surface area contributed by atoms with Crippen LogP contribution < -0.4 is 5.73 Å². The van der Waals surface area contributed by atoms with E-state index in [2.05, 4.69) is 19.0 Å². The minimum Gasteiger partial charge on any atom is -0.409 e. The lowest BCUT2D eigenvalue weighted by Crippen LogP contribution is -2.40. The van der Waals surface area contributed by atoms with Crippen LogP contribution in [-0.4, -0.2) is 34.9 Å². The average Bonchev–Trinajstić information content (AvgIpc) is 2.70. The Morgan fingerprint density at radius 1 is 1.30 bits per heavy atom. The van der Waals surface area contributed by atoms with Crippen molar-refractivity contribution in [2.75, 3.05) is 13.1 Å². The molecule has 5 nitrogen and oxygen atoms in total. The molecule has 1 fully saturated rings. The second kappa shape index (κ2) is 8.82. The molecule has 0 saturated heterocycles. The van der Waals surface area contributed by atoms with Gasteiger partial charge < -0.3 is 15.8 Å². The van der Waals surface area contributed by atoms with Crippen LogP contribution in [0.1, 0.15) is 58.8 Å². The number of carbonyl (C=O) groups excluding carboxylic acids is 1. The minimum absolute atomic E-state index is 0.170. The van der Waals surface area contributed by atoms with E-state index in [9.17, 15) is 4.79 Å². The third kappa shape index (κ3) is 5.80. The van der Waals surface area contributed by atoms with E-state index in [0.717, 1.165) is 32.2 Å². The molecule has 1 aliphatic carbocycles. The second-order valence-corrected chi connectivity index (χ2v) is 6.21. The van der Waals surface area contributed by atoms with E-state index in [-0.39, 0.29) is 17.7 Å². The van der Waals surface area contributed by atoms with E-state index in [1.807, 2.05) is 4.90 Å². The van der Waals surface area contributed by atoms with E-state index in [0.29, 0.717) is 18.9 Å². The van der Waals surface area contributed by atoms with Crippen LogP contribution in [-0.2, 0) is 4.79 Å². The van der Waals surface area contributed by atoms with Crippen LogP contribution in [0, 0.1) is 11.8 Å². The van der Waals surface area contributed by atoms with Crippen molar-refractivity contribution in [2.24, 2.45) is 22.7 Å². The molecule has 116 valence electrons. The number of nitrogens with zero attached hydrogens (tertiary/aromatic N) is 2. The van der Waals surface area contributed by atoms with Gasteiger partial charge in [0.15, 0.2) is 0 Å². The van der Waals surface area contributed by atoms with Crippen LogP contribution in [0.25, 0.3) is 0 Å². The van der Waals surface area contributed by atoms with Crippen molar-refractivity contribution in [2.45, 2.75) is 58.8 Å². The number of nitrogens with two attached hydrogens (primary N) is 1. The van der Waals surface area contributed by atoms with Crippen molar-refractivity contribution < 1.29 is 10.0 Å². The van der Waals surface area contributed by atoms with Crippen LogP contribution in [0.3, 0.4) is 0 Å². The third-order valence-electron chi connectivity index (χ3n) is 3.87. The van der Waals surface area contributed by atoms with Gasteiger partial charge in [0.2, 0.25) is 5.91 Å². The summed E-state index contributed by atoms with van der Waals surface area (Å²) < 4.78 is 0. The Labute approximate surface area is 122 Å². The molecule has 0 radical (unpaired) electrons. The van der Waals surface area contributed by atoms with Crippen molar-refractivity contribution in [3.05, 3.63) is 0 Å². The Bertz CT molecular complexity index is 321. The van der Waals surface area contributed by atoms with Crippen LogP contribution in [0.4, 0.5) is 0 Å². The highest BCUT2D eigenvalue weighted by atomic mass is 16.4. The Morgan fingerprint density at radius 3 is 2.40 bits per heavy atom. The Kier molecular flexibility index (Phi) is 7.41. The molecule has 0 bridgehead atoms. The van der Waals surface area contributed by atoms with Crippen LogP contribution in [0.2, 0.25) is 0 Å². The standard InChI is InChI=1S/C15H29N3O2/c1-12(2)11-18(10-9-14(16)17-20)15(19)13-7-5-3-4-6-8-13/h12-13,20H,3-11H2,1-2H3,(H2,16,17). The monoisotopic (exact) mass is 283 g/mol. The van der Waals surface area contributed by atoms with Gasteiger partial charge in [-0.3, -0.25) is 4.79 Å². The molecule has 0 aromatic heterocycles. The number of hydrogen-bond donors (Lipinski definition) is 2. The molecule has 5 heteroatoms. The summed E-state index contributed by atoms with van der Waals surface area (Å²) in [6, 6.07) is 0. The van der Waals surface area contributed by atoms with E-state index < -0.39 is 0 Å². The first-order chi connectivity index (χ1) is 9.54. The SMILES string of the molecule is CC(C)CN(CCC(N)=NO)C(=O)C1CCCCCC1. The summed E-state index contributed by atoms with van der Waals surface area (Å²) in [6.45, 7) is 5.51. The largest absolute Gasteiger partial charge is 0.409 e. The highest BCUT2D eigenvalue weighted by Crippen LogP contribution is 2.25. The summed E-state index contributed by atoms with van der Waals surface area (Å²) in [7, 11) is 0. The van der Waals surface area contributed by atoms with Crippen LogP contribution in [0.15, 0.2) is 5.16 Å². The van der Waals surface area contributed by atoms with Crippen molar-refractivity contribution in [3.8, 4) is 0 Å². The Balaban J connectivity index is 2.62. The number of hydrogen-bond acceptors (Lipinski definition) is 3. The normalized spacial score (nSPS) is 18.1. The van der Waals surface area contributed by atoms with Gasteiger partial charge in [-0.1, -0.05) is 44.7 Å². The fourth-order valence-corrected chi connectivity index (χ4v) is 2.82. The second-order valence-electron chi connectivity index (χ2n) is 6.21. The molecule has 1 rings (SSSR count). The zero-order valence-electron chi connectivity index (χ0n) is 12.8. The molecule has 3 N–H and O–H groups in total. The maximum absolute atomic E-state index is 12.7. The molecule has 20 heavy (non-hydrogen) atoms. The van der Waals surface area contributed by atoms with Gasteiger partial charge in [-0.05, 0) is 18.8 Å². The van der Waals surface area contributed by atoms with Crippen LogP contribution >= 0.6 is 0 Å². The van der Waals surface area contributed by atoms with Crippen molar-refractivity contribution in [1.29, 1.82) is 0 Å². The highest BCUT2D eigenvalue weighted by Gasteiger charge is 2.25. The number of carbonyl (C=O) groups is 1. The van der Waals surface area contributed by atoms with Gasteiger partial charge >= 0.3 is 0 Å². The Morgan fingerprint density at radius 2 is 1.90 bits per heavy atom. The van der Waals surface area contributed by atoms with Crippen molar-refractivity contribution in [3.63, 3.8) is 0 Å². The molecule has 0 aliphatic heterocycles. The fraction of sp³-hybridized carbons (Fsp3) is 0.867. The predicted octanol–water partition coefficient (Wildman–Crippen LogP) is 2.58. The number of rotatable bonds is 6. The zero-order chi connectivity index (χ0) is 15.0. The van der Waals surface area contributed by atoms with Gasteiger partial charge in [0.25, 0.3) is 0 Å². The fourth-order valence-electron chi connectivity index (χ4n) is 2.82. The maximum atomic E-state index is 12.7. The molecular weight excluding hydrogens is 254 g/mol. The Hall–Kier alpha value is -1.26. The lowest BCUT2D eigenvalue weighted by Gasteiger charge is -2.28. The number of amides is 1. The molecule has 0 atom stereocenters. The molecule has 0 heterocycles. The summed E-state index contributed by atoms with van der Waals surface area (Å²) >= 11 is 0. The maximum Gasteiger partial charge on any atom is 0.225 e. The van der Waals surface area contributed by atoms with Gasteiger partial charge in [-0.2, -0.15) is 0 Å². The third-order valence-corrected chi connectivity index (χ3v) is 3.87. The molecule has 1 amide bonds. The van der Waals surface area contributed by atoms with Gasteiger partial charge in [-0.15, -0.1) is 0 Å². The summed E-state index contributed by atoms with van der Waals surface area (Å²) in [5, 5.41) is 11.6. The van der Waals surface area contributed by atoms with E-state index in [1.165, 1.54) is 12.8 Å². The molecule has 0 spiro atoms. The topological polar surface area (TPSA) is 78.9 Å². The molecular formula is C15H29N3O2. The summed E-state index contributed by atoms with van der Waals surface area (Å²) in [6.07, 6.45) is 7.27. The van der Waals surface area contributed by atoms with Crippen LogP contribution in [0.5, 0.6) is 0 Å². The highest BCUT2D eigenvalue weighted by molar-refractivity contribution is 5.82. The molecule has 0 aromatic rings. The lowest BCUT2D eigenvalue weighted by molar-refractivity contribution is -0.136. The van der Waals surface area contributed by atoms with E-state index in [4.69, 9.17) is 10.9 Å². The average molecular weight is 283 g/mol. The van der Waals surface area contributed by atoms with Gasteiger partial charge in [-0.25, -0.2) is 0 Å². The lowest BCUT2D eigenvalue weighted by atomic mass is 9.98. The zero-order valence-corrected chi connectivity index (χ0v) is 12.8. The summed E-state index contributed by atoms with van der Waals surface area (Å²) in [5.74, 6) is 1.04. The van der Waals surface area contributed by atoms with Gasteiger partial charge in [0.05, 0.1) is 0 Å². The molecule has 1 saturated carbocycles. The van der Waals surface area contributed by atoms with E-state index in [1.54, 1.807) is 0 Å². The summed E-state index contributed by atoms with van der Waals surface area (Å²) in [4.78, 5) is 14.6. The van der Waals surface area contributed by atoms with Crippen molar-refractivity contribution in [1.82, 2.24) is 4.90 Å². The quantitative estimate of drug-likeness (QED) is 0.258. The molecule has 0 aromatic carbocycles. The molecule has 1 aliphatic rings. The number of oxime groups is 1. The van der Waals surface area contributed by atoms with Crippen molar-refractivity contribution >= 4 is 11.7 Å². The minimum atomic E-state index is 0.170. The molecule has 0 unspecified atom stereocenters. The number of amidine groups is 1. The summed E-state index contributed by atoms with van der Waals surface area (Å²) in [5.41, 5.74) is 5.52.